The van der Waals surface area contributed by atoms with Gasteiger partial charge in [-0.15, -0.1) is 0 Å². The van der Waals surface area contributed by atoms with E-state index in [4.69, 9.17) is 9.15 Å². The summed E-state index contributed by atoms with van der Waals surface area (Å²) in [6.07, 6.45) is 3.13. The van der Waals surface area contributed by atoms with E-state index in [1.165, 1.54) is 12.0 Å². The Kier molecular flexibility index (Phi) is 6.72. The molecule has 0 aliphatic rings. The average Bonchev–Trinajstić information content (AvgIpc) is 3.01. The van der Waals surface area contributed by atoms with Crippen LogP contribution in [0.1, 0.15) is 51.4 Å². The summed E-state index contributed by atoms with van der Waals surface area (Å²) in [6.45, 7) is 10.7. The van der Waals surface area contributed by atoms with Crippen LogP contribution in [0.2, 0.25) is 0 Å². The molecule has 0 spiro atoms. The Morgan fingerprint density at radius 2 is 1.78 bits per heavy atom. The molecule has 0 saturated carbocycles. The van der Waals surface area contributed by atoms with E-state index in [-0.39, 0.29) is 6.10 Å². The number of hydrogen-bond acceptors (Lipinski definition) is 2. The summed E-state index contributed by atoms with van der Waals surface area (Å²) in [6, 6.07) is 12.6. The van der Waals surface area contributed by atoms with Gasteiger partial charge in [0.05, 0.1) is 18.9 Å². The largest absolute Gasteiger partial charge is 0.491 e. The molecule has 0 fully saturated rings. The first-order valence-corrected chi connectivity index (χ1v) is 8.67. The topological polar surface area (TPSA) is 39.0 Å². The Bertz CT molecular complexity index is 544. The number of nitrogens with two attached hydrogens (primary N) is 1. The van der Waals surface area contributed by atoms with Crippen LogP contribution in [0, 0.1) is 5.92 Å². The van der Waals surface area contributed by atoms with Crippen LogP contribution in [-0.2, 0) is 6.54 Å². The molecule has 0 radical (unpaired) electrons. The van der Waals surface area contributed by atoms with Gasteiger partial charge in [0.15, 0.2) is 5.76 Å². The van der Waals surface area contributed by atoms with Crippen molar-refractivity contribution >= 4 is 0 Å². The average molecular weight is 316 g/mol. The maximum absolute atomic E-state index is 5.73. The summed E-state index contributed by atoms with van der Waals surface area (Å²) in [7, 11) is 0. The fourth-order valence-corrected chi connectivity index (χ4v) is 2.92. The minimum absolute atomic E-state index is 0.220. The van der Waals surface area contributed by atoms with Crippen molar-refractivity contribution < 1.29 is 14.5 Å². The highest BCUT2D eigenvalue weighted by atomic mass is 16.5. The lowest BCUT2D eigenvalue weighted by molar-refractivity contribution is -0.673. The molecule has 2 rings (SSSR count). The van der Waals surface area contributed by atoms with Crippen molar-refractivity contribution in [2.75, 3.05) is 6.54 Å². The van der Waals surface area contributed by atoms with Gasteiger partial charge in [-0.05, 0) is 55.5 Å². The summed E-state index contributed by atoms with van der Waals surface area (Å²) in [5.41, 5.74) is 1.41. The minimum Gasteiger partial charge on any atom is -0.491 e. The lowest BCUT2D eigenvalue weighted by Gasteiger charge is -2.21. The molecule has 0 unspecified atom stereocenters. The summed E-state index contributed by atoms with van der Waals surface area (Å²) in [4.78, 5) is 0. The molecule has 3 nitrogen and oxygen atoms in total. The zero-order valence-corrected chi connectivity index (χ0v) is 14.8. The highest BCUT2D eigenvalue weighted by molar-refractivity contribution is 5.29. The molecule has 0 bridgehead atoms. The Balaban J connectivity index is 1.87. The van der Waals surface area contributed by atoms with E-state index >= 15 is 0 Å². The van der Waals surface area contributed by atoms with Gasteiger partial charge in [-0.2, -0.15) is 0 Å². The number of quaternary nitrogens is 1. The van der Waals surface area contributed by atoms with Crippen molar-refractivity contribution in [1.82, 2.24) is 0 Å². The van der Waals surface area contributed by atoms with Gasteiger partial charge in [0.1, 0.15) is 12.3 Å². The fraction of sp³-hybridized carbons (Fsp3) is 0.500. The highest BCUT2D eigenvalue weighted by Crippen LogP contribution is 2.28. The summed E-state index contributed by atoms with van der Waals surface area (Å²) in [5, 5.41) is 2.32. The lowest BCUT2D eigenvalue weighted by Crippen LogP contribution is -2.82. The number of ether oxygens (including phenoxy) is 1. The normalized spacial score (nSPS) is 12.8. The molecular weight excluding hydrogens is 286 g/mol. The van der Waals surface area contributed by atoms with Gasteiger partial charge in [0.2, 0.25) is 0 Å². The van der Waals surface area contributed by atoms with Crippen LogP contribution in [-0.4, -0.2) is 12.6 Å². The predicted molar refractivity (Wildman–Crippen MR) is 93.6 cm³/mol. The maximum atomic E-state index is 5.73. The van der Waals surface area contributed by atoms with Crippen molar-refractivity contribution in [3.8, 4) is 5.75 Å². The van der Waals surface area contributed by atoms with E-state index in [1.807, 2.05) is 12.1 Å². The highest BCUT2D eigenvalue weighted by Gasteiger charge is 2.16. The maximum Gasteiger partial charge on any atom is 0.157 e. The molecule has 0 saturated heterocycles. The SMILES string of the molecule is CC(C)Oc1ccc([C@@H](CC[NH2+]Cc2ccco2)C(C)C)cc1. The van der Waals surface area contributed by atoms with Crippen LogP contribution >= 0.6 is 0 Å². The van der Waals surface area contributed by atoms with Gasteiger partial charge in [-0.25, -0.2) is 0 Å². The van der Waals surface area contributed by atoms with Crippen molar-refractivity contribution in [2.45, 2.75) is 52.7 Å². The monoisotopic (exact) mass is 316 g/mol. The van der Waals surface area contributed by atoms with E-state index in [2.05, 4.69) is 57.3 Å². The van der Waals surface area contributed by atoms with Crippen molar-refractivity contribution in [2.24, 2.45) is 5.92 Å². The van der Waals surface area contributed by atoms with Crippen LogP contribution in [0.4, 0.5) is 0 Å². The Hall–Kier alpha value is -1.74. The van der Waals surface area contributed by atoms with Crippen LogP contribution in [0.15, 0.2) is 47.1 Å². The molecule has 1 aromatic heterocycles. The van der Waals surface area contributed by atoms with Crippen molar-refractivity contribution in [1.29, 1.82) is 0 Å². The van der Waals surface area contributed by atoms with Crippen molar-refractivity contribution in [3.63, 3.8) is 0 Å². The molecule has 0 amide bonds. The molecule has 126 valence electrons. The number of furan rings is 1. The molecule has 1 heterocycles. The molecule has 23 heavy (non-hydrogen) atoms. The fourth-order valence-electron chi connectivity index (χ4n) is 2.92. The third-order valence-electron chi connectivity index (χ3n) is 4.09. The van der Waals surface area contributed by atoms with Crippen LogP contribution in [0.5, 0.6) is 5.75 Å². The second kappa shape index (κ2) is 8.78. The molecule has 0 aliphatic carbocycles. The number of rotatable bonds is 9. The molecule has 1 atom stereocenters. The third kappa shape index (κ3) is 5.76. The molecular formula is C20H30NO2+. The van der Waals surface area contributed by atoms with Crippen LogP contribution in [0.3, 0.4) is 0 Å². The number of hydrogen-bond donors (Lipinski definition) is 1. The van der Waals surface area contributed by atoms with Gasteiger partial charge < -0.3 is 14.5 Å². The second-order valence-corrected chi connectivity index (χ2v) is 6.74. The summed E-state index contributed by atoms with van der Waals surface area (Å²) < 4.78 is 11.1. The van der Waals surface area contributed by atoms with Gasteiger partial charge in [0.25, 0.3) is 0 Å². The van der Waals surface area contributed by atoms with Gasteiger partial charge in [-0.3, -0.25) is 0 Å². The minimum atomic E-state index is 0.220. The van der Waals surface area contributed by atoms with Crippen LogP contribution < -0.4 is 10.1 Å². The Labute approximate surface area is 140 Å². The summed E-state index contributed by atoms with van der Waals surface area (Å²) in [5.74, 6) is 3.21. The summed E-state index contributed by atoms with van der Waals surface area (Å²) >= 11 is 0. The molecule has 0 aliphatic heterocycles. The zero-order chi connectivity index (χ0) is 16.7. The van der Waals surface area contributed by atoms with Gasteiger partial charge >= 0.3 is 0 Å². The smallest absolute Gasteiger partial charge is 0.157 e. The van der Waals surface area contributed by atoms with Crippen molar-refractivity contribution in [3.05, 3.63) is 54.0 Å². The van der Waals surface area contributed by atoms with Gasteiger partial charge in [-0.1, -0.05) is 26.0 Å². The first kappa shape index (κ1) is 17.6. The molecule has 3 heteroatoms. The first-order chi connectivity index (χ1) is 11.1. The lowest BCUT2D eigenvalue weighted by atomic mass is 9.86. The Morgan fingerprint density at radius 1 is 1.04 bits per heavy atom. The first-order valence-electron chi connectivity index (χ1n) is 8.67. The Morgan fingerprint density at radius 3 is 2.35 bits per heavy atom. The molecule has 1 aromatic carbocycles. The van der Waals surface area contributed by atoms with E-state index in [0.29, 0.717) is 11.8 Å². The predicted octanol–water partition coefficient (Wildman–Crippen LogP) is 3.96. The third-order valence-corrected chi connectivity index (χ3v) is 4.09. The second-order valence-electron chi connectivity index (χ2n) is 6.74. The number of benzene rings is 1. The molecule has 2 N–H and O–H groups in total. The van der Waals surface area contributed by atoms with Crippen LogP contribution in [0.25, 0.3) is 0 Å². The molecule has 2 aromatic rings. The van der Waals surface area contributed by atoms with E-state index < -0.39 is 0 Å². The van der Waals surface area contributed by atoms with E-state index in [0.717, 1.165) is 24.6 Å². The van der Waals surface area contributed by atoms with E-state index in [9.17, 15) is 0 Å². The van der Waals surface area contributed by atoms with Gasteiger partial charge in [0, 0.05) is 6.42 Å². The quantitative estimate of drug-likeness (QED) is 0.711. The standard InChI is InChI=1S/C20H29NO2/c1-15(2)20(11-12-21-14-19-6-5-13-22-19)17-7-9-18(10-8-17)23-16(3)4/h5-10,13,15-16,20-21H,11-12,14H2,1-4H3/p+1/t20-/m0/s1. The zero-order valence-electron chi connectivity index (χ0n) is 14.8. The van der Waals surface area contributed by atoms with E-state index in [1.54, 1.807) is 6.26 Å².